The van der Waals surface area contributed by atoms with Gasteiger partial charge in [0.05, 0.1) is 26.8 Å². The molecule has 2 heterocycles. The van der Waals surface area contributed by atoms with E-state index in [1.54, 1.807) is 19.2 Å². The van der Waals surface area contributed by atoms with E-state index in [2.05, 4.69) is 44.8 Å². The average molecular weight is 455 g/mol. The van der Waals surface area contributed by atoms with Gasteiger partial charge in [0.15, 0.2) is 0 Å². The minimum absolute atomic E-state index is 0.0465. The van der Waals surface area contributed by atoms with Crippen molar-refractivity contribution in [3.8, 4) is 5.75 Å². The van der Waals surface area contributed by atoms with E-state index < -0.39 is 12.0 Å². The Labute approximate surface area is 195 Å². The molecule has 1 unspecified atom stereocenters. The number of aromatic nitrogens is 1. The van der Waals surface area contributed by atoms with Gasteiger partial charge in [-0.1, -0.05) is 30.7 Å². The molecule has 178 valence electrons. The van der Waals surface area contributed by atoms with Crippen LogP contribution in [-0.4, -0.2) is 61.7 Å². The fourth-order valence-corrected chi connectivity index (χ4v) is 3.91. The van der Waals surface area contributed by atoms with E-state index in [0.29, 0.717) is 18.1 Å². The summed E-state index contributed by atoms with van der Waals surface area (Å²) in [4.78, 5) is 31.2. The number of ether oxygens (including phenoxy) is 2. The molecule has 8 nitrogen and oxygen atoms in total. The molecule has 0 aliphatic carbocycles. The van der Waals surface area contributed by atoms with Crippen LogP contribution in [0.2, 0.25) is 0 Å². The van der Waals surface area contributed by atoms with Gasteiger partial charge in [0.2, 0.25) is 5.91 Å². The van der Waals surface area contributed by atoms with Gasteiger partial charge in [-0.15, -0.1) is 0 Å². The quantitative estimate of drug-likeness (QED) is 0.505. The Bertz CT molecular complexity index is 880. The molecule has 3 rings (SSSR count). The van der Waals surface area contributed by atoms with E-state index in [9.17, 15) is 9.59 Å². The lowest BCUT2D eigenvalue weighted by molar-refractivity contribution is -0.144. The number of methoxy groups -OCH3 is 2. The van der Waals surface area contributed by atoms with E-state index >= 15 is 0 Å². The number of nitrogens with zero attached hydrogens (tertiary/aromatic N) is 2. The second kappa shape index (κ2) is 12.9. The highest BCUT2D eigenvalue weighted by atomic mass is 16.5. The Hall–Kier alpha value is -2.97. The van der Waals surface area contributed by atoms with Gasteiger partial charge in [0, 0.05) is 6.54 Å². The van der Waals surface area contributed by atoms with Gasteiger partial charge in [0.25, 0.3) is 0 Å². The first-order chi connectivity index (χ1) is 16.1. The minimum atomic E-state index is -0.730. The van der Waals surface area contributed by atoms with Gasteiger partial charge >= 0.3 is 5.97 Å². The highest BCUT2D eigenvalue weighted by Gasteiger charge is 2.22. The van der Waals surface area contributed by atoms with Crippen LogP contribution in [0.1, 0.15) is 36.8 Å². The van der Waals surface area contributed by atoms with E-state index in [4.69, 9.17) is 9.47 Å². The topological polar surface area (TPSA) is 92.8 Å². The van der Waals surface area contributed by atoms with Crippen molar-refractivity contribution in [1.82, 2.24) is 15.2 Å². The number of hydrogen-bond donors (Lipinski definition) is 2. The molecule has 1 saturated heterocycles. The maximum Gasteiger partial charge on any atom is 0.323 e. The molecule has 1 amide bonds. The third-order valence-corrected chi connectivity index (χ3v) is 5.80. The smallest absolute Gasteiger partial charge is 0.323 e. The molecule has 0 radical (unpaired) electrons. The summed E-state index contributed by atoms with van der Waals surface area (Å²) in [6.07, 6.45) is 6.15. The average Bonchev–Trinajstić information content (AvgIpc) is 2.85. The summed E-state index contributed by atoms with van der Waals surface area (Å²) in [5.41, 5.74) is 2.50. The van der Waals surface area contributed by atoms with Crippen LogP contribution >= 0.6 is 0 Å². The van der Waals surface area contributed by atoms with Crippen LogP contribution in [0.4, 0.5) is 5.82 Å². The van der Waals surface area contributed by atoms with E-state index in [1.165, 1.54) is 56.8 Å². The summed E-state index contributed by atoms with van der Waals surface area (Å²) in [5, 5.41) is 5.84. The van der Waals surface area contributed by atoms with E-state index in [0.717, 1.165) is 13.0 Å². The normalized spacial score (nSPS) is 15.0. The van der Waals surface area contributed by atoms with Crippen LogP contribution in [0.3, 0.4) is 0 Å². The van der Waals surface area contributed by atoms with Gasteiger partial charge < -0.3 is 20.1 Å². The Balaban J connectivity index is 1.45. The largest absolute Gasteiger partial charge is 0.495 e. The van der Waals surface area contributed by atoms with Crippen LogP contribution in [0, 0.1) is 0 Å². The molecular weight excluding hydrogens is 420 g/mol. The molecule has 1 aromatic carbocycles. The van der Waals surface area contributed by atoms with Gasteiger partial charge in [0.1, 0.15) is 17.6 Å². The molecule has 1 aromatic heterocycles. The lowest BCUT2D eigenvalue weighted by Gasteiger charge is -2.26. The number of esters is 1. The molecule has 0 spiro atoms. The third kappa shape index (κ3) is 8.14. The van der Waals surface area contributed by atoms with E-state index in [1.807, 2.05) is 0 Å². The molecule has 1 fully saturated rings. The minimum Gasteiger partial charge on any atom is -0.495 e. The van der Waals surface area contributed by atoms with E-state index in [-0.39, 0.29) is 12.3 Å². The summed E-state index contributed by atoms with van der Waals surface area (Å²) >= 11 is 0. The first-order valence-electron chi connectivity index (χ1n) is 11.5. The molecule has 1 aliphatic heterocycles. The highest BCUT2D eigenvalue weighted by molar-refractivity contribution is 5.93. The monoisotopic (exact) mass is 454 g/mol. The Kier molecular flexibility index (Phi) is 9.65. The first kappa shape index (κ1) is 24.7. The molecule has 2 aromatic rings. The number of carbonyl (C=O) groups is 2. The molecule has 1 aliphatic rings. The van der Waals surface area contributed by atoms with Crippen LogP contribution < -0.4 is 15.4 Å². The molecule has 33 heavy (non-hydrogen) atoms. The van der Waals surface area contributed by atoms with Crippen molar-refractivity contribution in [3.63, 3.8) is 0 Å². The number of rotatable bonds is 11. The number of piperidine rings is 1. The number of pyridine rings is 1. The number of likely N-dealkylation sites (tertiary alicyclic amines) is 1. The fourth-order valence-electron chi connectivity index (χ4n) is 3.91. The summed E-state index contributed by atoms with van der Waals surface area (Å²) in [5.74, 6) is 0.207. The summed E-state index contributed by atoms with van der Waals surface area (Å²) in [6.45, 7) is 3.92. The zero-order valence-corrected chi connectivity index (χ0v) is 19.5. The number of amides is 1. The molecule has 2 N–H and O–H groups in total. The fraction of sp³-hybridized carbons (Fsp3) is 0.480. The van der Waals surface area contributed by atoms with Crippen LogP contribution in [-0.2, 0) is 27.3 Å². The SMILES string of the molecule is COC(=O)C(CC(=O)Nc1ccc(OC)cn1)NCCc1ccc(CN2CCCCC2)cc1. The highest BCUT2D eigenvalue weighted by Crippen LogP contribution is 2.14. The van der Waals surface area contributed by atoms with Crippen molar-refractivity contribution in [3.05, 3.63) is 53.7 Å². The van der Waals surface area contributed by atoms with Crippen molar-refractivity contribution in [2.75, 3.05) is 39.2 Å². The van der Waals surface area contributed by atoms with Crippen molar-refractivity contribution in [1.29, 1.82) is 0 Å². The van der Waals surface area contributed by atoms with Crippen molar-refractivity contribution < 1.29 is 19.1 Å². The van der Waals surface area contributed by atoms with Crippen LogP contribution in [0.15, 0.2) is 42.6 Å². The summed E-state index contributed by atoms with van der Waals surface area (Å²) in [7, 11) is 2.87. The molecule has 1 atom stereocenters. The van der Waals surface area contributed by atoms with Crippen LogP contribution in [0.25, 0.3) is 0 Å². The molecular formula is C25H34N4O4. The van der Waals surface area contributed by atoms with Crippen molar-refractivity contribution >= 4 is 17.7 Å². The Morgan fingerprint density at radius 3 is 2.39 bits per heavy atom. The zero-order chi connectivity index (χ0) is 23.5. The Morgan fingerprint density at radius 2 is 1.76 bits per heavy atom. The lowest BCUT2D eigenvalue weighted by Crippen LogP contribution is -2.41. The van der Waals surface area contributed by atoms with Gasteiger partial charge in [-0.05, 0) is 62.2 Å². The predicted molar refractivity (Wildman–Crippen MR) is 127 cm³/mol. The van der Waals surface area contributed by atoms with Gasteiger partial charge in [-0.25, -0.2) is 4.98 Å². The number of hydrogen-bond acceptors (Lipinski definition) is 7. The van der Waals surface area contributed by atoms with Crippen LogP contribution in [0.5, 0.6) is 5.75 Å². The van der Waals surface area contributed by atoms with Gasteiger partial charge in [-0.3, -0.25) is 14.5 Å². The lowest BCUT2D eigenvalue weighted by atomic mass is 10.1. The summed E-state index contributed by atoms with van der Waals surface area (Å²) < 4.78 is 9.92. The zero-order valence-electron chi connectivity index (χ0n) is 19.5. The Morgan fingerprint density at radius 1 is 1.03 bits per heavy atom. The number of carbonyl (C=O) groups excluding carboxylic acids is 2. The number of nitrogens with one attached hydrogen (secondary N) is 2. The maximum absolute atomic E-state index is 12.4. The molecule has 0 bridgehead atoms. The number of anilines is 1. The number of benzene rings is 1. The predicted octanol–water partition coefficient (Wildman–Crippen LogP) is 2.78. The maximum atomic E-state index is 12.4. The summed E-state index contributed by atoms with van der Waals surface area (Å²) in [6, 6.07) is 11.2. The second-order valence-electron chi connectivity index (χ2n) is 8.27. The standard InChI is InChI=1S/C25H34N4O4/c1-32-21-10-11-23(27-17-21)28-24(30)16-22(25(31)33-2)26-13-12-19-6-8-20(9-7-19)18-29-14-4-3-5-15-29/h6-11,17,22,26H,3-5,12-16,18H2,1-2H3,(H,27,28,30). The second-order valence-corrected chi connectivity index (χ2v) is 8.27. The molecule has 0 saturated carbocycles. The van der Waals surface area contributed by atoms with Crippen molar-refractivity contribution in [2.45, 2.75) is 44.7 Å². The van der Waals surface area contributed by atoms with Crippen molar-refractivity contribution in [2.24, 2.45) is 0 Å². The first-order valence-corrected chi connectivity index (χ1v) is 11.5. The third-order valence-electron chi connectivity index (χ3n) is 5.80. The van der Waals surface area contributed by atoms with Gasteiger partial charge in [-0.2, -0.15) is 0 Å². The molecule has 8 heteroatoms.